The lowest BCUT2D eigenvalue weighted by molar-refractivity contribution is -0.119. The molecule has 1 aliphatic rings. The summed E-state index contributed by atoms with van der Waals surface area (Å²) in [6, 6.07) is 7.97. The molecule has 2 rings (SSSR count). The van der Waals surface area contributed by atoms with Crippen LogP contribution in [0.5, 0.6) is 0 Å². The maximum absolute atomic E-state index is 12.1. The van der Waals surface area contributed by atoms with Crippen molar-refractivity contribution >= 4 is 24.0 Å². The molecule has 5 heteroatoms. The molecule has 1 aliphatic heterocycles. The normalized spacial score (nSPS) is 18.7. The van der Waals surface area contributed by atoms with Gasteiger partial charge in [0.2, 0.25) is 5.91 Å². The number of hydrogen-bond donors (Lipinski definition) is 2. The van der Waals surface area contributed by atoms with Crippen LogP contribution in [0, 0.1) is 0 Å². The zero-order valence-electron chi connectivity index (χ0n) is 12.9. The molecule has 2 N–H and O–H groups in total. The lowest BCUT2D eigenvalue weighted by Crippen LogP contribution is -2.40. The van der Waals surface area contributed by atoms with Crippen molar-refractivity contribution < 1.29 is 9.53 Å². The average Bonchev–Trinajstić information content (AvgIpc) is 2.39. The highest BCUT2D eigenvalue weighted by Gasteiger charge is 2.21. The second kappa shape index (κ2) is 7.78. The molecule has 1 heterocycles. The minimum absolute atomic E-state index is 0. The molecule has 118 valence electrons. The number of ether oxygens (including phenoxy) is 1. The first-order valence-electron chi connectivity index (χ1n) is 7.18. The summed E-state index contributed by atoms with van der Waals surface area (Å²) in [6.45, 7) is 8.72. The molecule has 0 aromatic heterocycles. The molecule has 1 amide bonds. The van der Waals surface area contributed by atoms with Crippen LogP contribution in [-0.2, 0) is 14.9 Å². The predicted molar refractivity (Wildman–Crippen MR) is 88.2 cm³/mol. The first-order chi connectivity index (χ1) is 9.47. The van der Waals surface area contributed by atoms with Gasteiger partial charge < -0.3 is 15.4 Å². The van der Waals surface area contributed by atoms with Crippen LogP contribution >= 0.6 is 12.4 Å². The molecular weight excluding hydrogens is 288 g/mol. The second-order valence-corrected chi connectivity index (χ2v) is 6.24. The molecular formula is C16H25ClN2O2. The van der Waals surface area contributed by atoms with Crippen molar-refractivity contribution in [2.75, 3.05) is 25.0 Å². The number of halogens is 1. The topological polar surface area (TPSA) is 50.4 Å². The van der Waals surface area contributed by atoms with E-state index in [0.717, 1.165) is 24.3 Å². The van der Waals surface area contributed by atoms with Crippen molar-refractivity contribution in [1.82, 2.24) is 5.32 Å². The molecule has 0 radical (unpaired) electrons. The third-order valence-electron chi connectivity index (χ3n) is 3.43. The summed E-state index contributed by atoms with van der Waals surface area (Å²) in [6.07, 6.45) is 0.372. The molecule has 1 atom stereocenters. The molecule has 0 aliphatic carbocycles. The number of carbonyl (C=O) groups is 1. The Hall–Kier alpha value is -1.10. The van der Waals surface area contributed by atoms with Crippen LogP contribution in [-0.4, -0.2) is 31.7 Å². The average molecular weight is 313 g/mol. The molecule has 1 fully saturated rings. The Balaban J connectivity index is 0.00000220. The second-order valence-electron chi connectivity index (χ2n) is 6.24. The molecule has 4 nitrogen and oxygen atoms in total. The highest BCUT2D eigenvalue weighted by Crippen LogP contribution is 2.29. The number of benzene rings is 1. The minimum Gasteiger partial charge on any atom is -0.375 e. The molecule has 0 bridgehead atoms. The highest BCUT2D eigenvalue weighted by atomic mass is 35.5. The standard InChI is InChI=1S/C16H24N2O2.ClH/c1-16(2,3)13-6-4-5-7-14(13)18-15(19)10-12-11-17-8-9-20-12;/h4-7,12,17H,8-11H2,1-3H3,(H,18,19);1H. The fraction of sp³-hybridized carbons (Fsp3) is 0.562. The summed E-state index contributed by atoms with van der Waals surface area (Å²) in [7, 11) is 0. The van der Waals surface area contributed by atoms with Gasteiger partial charge >= 0.3 is 0 Å². The third kappa shape index (κ3) is 5.30. The van der Waals surface area contributed by atoms with E-state index in [9.17, 15) is 4.79 Å². The summed E-state index contributed by atoms with van der Waals surface area (Å²) in [5.74, 6) is 0.00963. The molecule has 1 unspecified atom stereocenters. The first-order valence-corrected chi connectivity index (χ1v) is 7.18. The van der Waals surface area contributed by atoms with Gasteiger partial charge in [-0.25, -0.2) is 0 Å². The van der Waals surface area contributed by atoms with Gasteiger partial charge in [-0.3, -0.25) is 4.79 Å². The molecule has 1 aromatic rings. The highest BCUT2D eigenvalue weighted by molar-refractivity contribution is 5.92. The van der Waals surface area contributed by atoms with Crippen LogP contribution in [0.4, 0.5) is 5.69 Å². The number of carbonyl (C=O) groups excluding carboxylic acids is 1. The van der Waals surface area contributed by atoms with Gasteiger partial charge in [0, 0.05) is 18.8 Å². The Kier molecular flexibility index (Phi) is 6.65. The van der Waals surface area contributed by atoms with Gasteiger partial charge in [0.05, 0.1) is 19.1 Å². The van der Waals surface area contributed by atoms with Crippen molar-refractivity contribution in [3.05, 3.63) is 29.8 Å². The van der Waals surface area contributed by atoms with E-state index in [1.807, 2.05) is 18.2 Å². The molecule has 1 aromatic carbocycles. The molecule has 1 saturated heterocycles. The fourth-order valence-electron chi connectivity index (χ4n) is 2.40. The number of anilines is 1. The molecule has 0 saturated carbocycles. The number of nitrogens with one attached hydrogen (secondary N) is 2. The van der Waals surface area contributed by atoms with Crippen LogP contribution in [0.1, 0.15) is 32.8 Å². The van der Waals surface area contributed by atoms with E-state index in [-0.39, 0.29) is 29.8 Å². The number of hydrogen-bond acceptors (Lipinski definition) is 3. The summed E-state index contributed by atoms with van der Waals surface area (Å²) < 4.78 is 5.56. The van der Waals surface area contributed by atoms with E-state index in [4.69, 9.17) is 4.74 Å². The van der Waals surface area contributed by atoms with Gasteiger partial charge in [-0.15, -0.1) is 12.4 Å². The van der Waals surface area contributed by atoms with Crippen LogP contribution in [0.2, 0.25) is 0 Å². The Morgan fingerprint density at radius 2 is 2.10 bits per heavy atom. The summed E-state index contributed by atoms with van der Waals surface area (Å²) in [5, 5.41) is 6.25. The maximum atomic E-state index is 12.1. The van der Waals surface area contributed by atoms with E-state index in [0.29, 0.717) is 13.0 Å². The van der Waals surface area contributed by atoms with E-state index in [1.54, 1.807) is 0 Å². The van der Waals surface area contributed by atoms with Crippen molar-refractivity contribution in [2.45, 2.75) is 38.7 Å². The third-order valence-corrected chi connectivity index (χ3v) is 3.43. The number of rotatable bonds is 3. The zero-order valence-corrected chi connectivity index (χ0v) is 13.8. The van der Waals surface area contributed by atoms with Gasteiger partial charge in [0.15, 0.2) is 0 Å². The maximum Gasteiger partial charge on any atom is 0.227 e. The van der Waals surface area contributed by atoms with Gasteiger partial charge in [-0.1, -0.05) is 39.0 Å². The van der Waals surface area contributed by atoms with E-state index >= 15 is 0 Å². The minimum atomic E-state index is -0.0226. The Morgan fingerprint density at radius 3 is 2.71 bits per heavy atom. The summed E-state index contributed by atoms with van der Waals surface area (Å²) in [4.78, 5) is 12.1. The van der Waals surface area contributed by atoms with Gasteiger partial charge in [0.25, 0.3) is 0 Å². The monoisotopic (exact) mass is 312 g/mol. The number of amides is 1. The van der Waals surface area contributed by atoms with Crippen molar-refractivity contribution in [1.29, 1.82) is 0 Å². The fourth-order valence-corrected chi connectivity index (χ4v) is 2.40. The lowest BCUT2D eigenvalue weighted by atomic mass is 9.86. The van der Waals surface area contributed by atoms with E-state index < -0.39 is 0 Å². The number of morpholine rings is 1. The SMILES string of the molecule is CC(C)(C)c1ccccc1NC(=O)CC1CNCCO1.Cl. The first kappa shape index (κ1) is 18.0. The molecule has 0 spiro atoms. The van der Waals surface area contributed by atoms with Crippen molar-refractivity contribution in [2.24, 2.45) is 0 Å². The Labute approximate surface area is 133 Å². The van der Waals surface area contributed by atoms with Gasteiger partial charge in [0.1, 0.15) is 0 Å². The van der Waals surface area contributed by atoms with Crippen LogP contribution in [0.3, 0.4) is 0 Å². The van der Waals surface area contributed by atoms with Crippen LogP contribution < -0.4 is 10.6 Å². The molecule has 21 heavy (non-hydrogen) atoms. The van der Waals surface area contributed by atoms with Crippen molar-refractivity contribution in [3.8, 4) is 0 Å². The van der Waals surface area contributed by atoms with Gasteiger partial charge in [-0.2, -0.15) is 0 Å². The zero-order chi connectivity index (χ0) is 14.6. The van der Waals surface area contributed by atoms with E-state index in [1.165, 1.54) is 0 Å². The van der Waals surface area contributed by atoms with Gasteiger partial charge in [-0.05, 0) is 17.0 Å². The quantitative estimate of drug-likeness (QED) is 0.902. The predicted octanol–water partition coefficient (Wildman–Crippen LogP) is 2.72. The summed E-state index contributed by atoms with van der Waals surface area (Å²) >= 11 is 0. The van der Waals surface area contributed by atoms with E-state index in [2.05, 4.69) is 37.5 Å². The lowest BCUT2D eigenvalue weighted by Gasteiger charge is -2.25. The smallest absolute Gasteiger partial charge is 0.227 e. The largest absolute Gasteiger partial charge is 0.375 e. The Morgan fingerprint density at radius 1 is 1.38 bits per heavy atom. The summed E-state index contributed by atoms with van der Waals surface area (Å²) in [5.41, 5.74) is 2.05. The number of para-hydroxylation sites is 1. The Bertz CT molecular complexity index is 466. The van der Waals surface area contributed by atoms with Crippen molar-refractivity contribution in [3.63, 3.8) is 0 Å². The van der Waals surface area contributed by atoms with Crippen LogP contribution in [0.15, 0.2) is 24.3 Å². The van der Waals surface area contributed by atoms with Crippen LogP contribution in [0.25, 0.3) is 0 Å².